The zero-order valence-electron chi connectivity index (χ0n) is 22.9. The van der Waals surface area contributed by atoms with Gasteiger partial charge in [-0.2, -0.15) is 5.26 Å². The number of thiophene rings is 1. The van der Waals surface area contributed by atoms with Crippen molar-refractivity contribution in [2.45, 2.75) is 32.9 Å². The van der Waals surface area contributed by atoms with Gasteiger partial charge in [-0.3, -0.25) is 9.59 Å². The minimum atomic E-state index is 0.0281. The van der Waals surface area contributed by atoms with E-state index in [-0.39, 0.29) is 11.8 Å². The predicted molar refractivity (Wildman–Crippen MR) is 162 cm³/mol. The normalized spacial score (nSPS) is 13.2. The molecule has 1 aliphatic heterocycles. The molecule has 1 fully saturated rings. The van der Waals surface area contributed by atoms with E-state index in [0.717, 1.165) is 42.1 Å². The van der Waals surface area contributed by atoms with Gasteiger partial charge in [0.25, 0.3) is 5.91 Å². The number of benzene rings is 2. The summed E-state index contributed by atoms with van der Waals surface area (Å²) in [6.07, 6.45) is 4.79. The van der Waals surface area contributed by atoms with Crippen molar-refractivity contribution in [1.82, 2.24) is 14.5 Å². The minimum Gasteiger partial charge on any atom is -0.368 e. The average Bonchev–Trinajstić information content (AvgIpc) is 3.64. The zero-order valence-corrected chi connectivity index (χ0v) is 24.4. The van der Waals surface area contributed by atoms with Crippen LogP contribution in [0.1, 0.15) is 46.3 Å². The lowest BCUT2D eigenvalue weighted by atomic mass is 10.1. The molecule has 10 heteroatoms. The molecule has 0 spiro atoms. The fourth-order valence-electron chi connectivity index (χ4n) is 4.93. The summed E-state index contributed by atoms with van der Waals surface area (Å²) in [5, 5.41) is 9.07. The Morgan fingerprint density at radius 1 is 1.02 bits per heavy atom. The molecule has 0 unspecified atom stereocenters. The van der Waals surface area contributed by atoms with Gasteiger partial charge < -0.3 is 19.3 Å². The van der Waals surface area contributed by atoms with Gasteiger partial charge in [-0.15, -0.1) is 11.3 Å². The van der Waals surface area contributed by atoms with Crippen molar-refractivity contribution in [3.05, 3.63) is 99.2 Å². The Balaban J connectivity index is 1.26. The van der Waals surface area contributed by atoms with Crippen LogP contribution in [0.25, 0.3) is 0 Å². The van der Waals surface area contributed by atoms with Crippen molar-refractivity contribution in [2.24, 2.45) is 0 Å². The van der Waals surface area contributed by atoms with E-state index in [1.165, 1.54) is 11.3 Å². The number of carbonyl (C=O) groups excluding carboxylic acids is 2. The monoisotopic (exact) mass is 586 g/mol. The molecule has 2 aromatic carbocycles. The van der Waals surface area contributed by atoms with E-state index < -0.39 is 0 Å². The second-order valence-electron chi connectivity index (χ2n) is 9.95. The fourth-order valence-corrected chi connectivity index (χ4v) is 5.95. The third-order valence-electron chi connectivity index (χ3n) is 7.20. The van der Waals surface area contributed by atoms with E-state index >= 15 is 0 Å². The van der Waals surface area contributed by atoms with Crippen molar-refractivity contribution in [3.8, 4) is 6.07 Å². The quantitative estimate of drug-likeness (QED) is 0.247. The number of hydrogen-bond acceptors (Lipinski definition) is 6. The number of imidazole rings is 1. The van der Waals surface area contributed by atoms with Crippen LogP contribution in [0.4, 0.5) is 11.4 Å². The largest absolute Gasteiger partial charge is 0.368 e. The Kier molecular flexibility index (Phi) is 9.02. The second-order valence-corrected chi connectivity index (χ2v) is 11.7. The number of nitrogens with zero attached hydrogens (tertiary/aromatic N) is 6. The highest BCUT2D eigenvalue weighted by Crippen LogP contribution is 2.26. The van der Waals surface area contributed by atoms with E-state index in [4.69, 9.17) is 16.9 Å². The van der Waals surface area contributed by atoms with Crippen LogP contribution in [0, 0.1) is 11.3 Å². The maximum Gasteiger partial charge on any atom is 0.264 e. The average molecular weight is 587 g/mol. The van der Waals surface area contributed by atoms with Gasteiger partial charge in [0.15, 0.2) is 0 Å². The van der Waals surface area contributed by atoms with E-state index in [1.807, 2.05) is 69.8 Å². The van der Waals surface area contributed by atoms with E-state index in [9.17, 15) is 9.59 Å². The maximum absolute atomic E-state index is 13.2. The number of aromatic nitrogens is 2. The Morgan fingerprint density at radius 3 is 2.39 bits per heavy atom. The second kappa shape index (κ2) is 13.0. The summed E-state index contributed by atoms with van der Waals surface area (Å²) in [6.45, 7) is 5.76. The van der Waals surface area contributed by atoms with Crippen LogP contribution in [-0.2, 0) is 17.9 Å². The van der Waals surface area contributed by atoms with Crippen molar-refractivity contribution in [1.29, 1.82) is 5.26 Å². The zero-order chi connectivity index (χ0) is 28.8. The molecular formula is C31H31ClN6O2S. The van der Waals surface area contributed by atoms with Crippen LogP contribution in [0.5, 0.6) is 0 Å². The van der Waals surface area contributed by atoms with E-state index in [2.05, 4.69) is 16.0 Å². The highest BCUT2D eigenvalue weighted by molar-refractivity contribution is 7.17. The molecule has 41 heavy (non-hydrogen) atoms. The number of nitriles is 1. The molecule has 0 radical (unpaired) electrons. The van der Waals surface area contributed by atoms with Gasteiger partial charge in [0.1, 0.15) is 0 Å². The Hall–Kier alpha value is -4.13. The Morgan fingerprint density at radius 2 is 1.76 bits per heavy atom. The number of piperazine rings is 1. The molecule has 3 heterocycles. The Bertz CT molecular complexity index is 1530. The number of amides is 2. The molecule has 210 valence electrons. The topological polar surface area (TPSA) is 85.5 Å². The SMILES string of the molecule is CCCC(=O)N(Cc1cncn1Cc1ccc(C#N)cc1)c1ccc(N2CCN(C(=O)c3ccc(Cl)s3)CC2)cc1. The van der Waals surface area contributed by atoms with Crippen LogP contribution in [0.15, 0.2) is 73.2 Å². The summed E-state index contributed by atoms with van der Waals surface area (Å²) in [7, 11) is 0. The van der Waals surface area contributed by atoms with Gasteiger partial charge in [0.2, 0.25) is 5.91 Å². The summed E-state index contributed by atoms with van der Waals surface area (Å²) >= 11 is 7.32. The molecule has 4 aromatic rings. The first kappa shape index (κ1) is 28.4. The maximum atomic E-state index is 13.2. The van der Waals surface area contributed by atoms with E-state index in [1.54, 1.807) is 24.7 Å². The van der Waals surface area contributed by atoms with Crippen LogP contribution < -0.4 is 9.80 Å². The lowest BCUT2D eigenvalue weighted by Gasteiger charge is -2.36. The summed E-state index contributed by atoms with van der Waals surface area (Å²) in [6, 6.07) is 21.3. The summed E-state index contributed by atoms with van der Waals surface area (Å²) < 4.78 is 2.65. The Labute approximate surface area is 249 Å². The third-order valence-corrected chi connectivity index (χ3v) is 8.42. The number of anilines is 2. The molecule has 2 aromatic heterocycles. The van der Waals surface area contributed by atoms with Gasteiger partial charge in [-0.05, 0) is 60.5 Å². The third kappa shape index (κ3) is 6.79. The molecule has 0 atom stereocenters. The first-order valence-corrected chi connectivity index (χ1v) is 14.8. The lowest BCUT2D eigenvalue weighted by molar-refractivity contribution is -0.118. The minimum absolute atomic E-state index is 0.0281. The van der Waals surface area contributed by atoms with E-state index in [0.29, 0.717) is 47.4 Å². The summed E-state index contributed by atoms with van der Waals surface area (Å²) in [4.78, 5) is 37.0. The van der Waals surface area contributed by atoms with Crippen molar-refractivity contribution in [3.63, 3.8) is 0 Å². The first-order valence-electron chi connectivity index (χ1n) is 13.6. The predicted octanol–water partition coefficient (Wildman–Crippen LogP) is 5.81. The van der Waals surface area contributed by atoms with Crippen LogP contribution in [0.2, 0.25) is 4.34 Å². The van der Waals surface area contributed by atoms with Crippen LogP contribution >= 0.6 is 22.9 Å². The first-order chi connectivity index (χ1) is 19.9. The number of carbonyl (C=O) groups is 2. The molecule has 2 amide bonds. The molecule has 0 saturated carbocycles. The lowest BCUT2D eigenvalue weighted by Crippen LogP contribution is -2.48. The van der Waals surface area contributed by atoms with Gasteiger partial charge in [-0.25, -0.2) is 4.98 Å². The van der Waals surface area contributed by atoms with Crippen LogP contribution in [0.3, 0.4) is 0 Å². The summed E-state index contributed by atoms with van der Waals surface area (Å²) in [5.41, 5.74) is 4.50. The molecule has 0 bridgehead atoms. The molecule has 5 rings (SSSR count). The van der Waals surface area contributed by atoms with Crippen molar-refractivity contribution < 1.29 is 9.59 Å². The van der Waals surface area contributed by atoms with Crippen LogP contribution in [-0.4, -0.2) is 52.4 Å². The smallest absolute Gasteiger partial charge is 0.264 e. The molecular weight excluding hydrogens is 556 g/mol. The van der Waals surface area contributed by atoms with Gasteiger partial charge >= 0.3 is 0 Å². The highest BCUT2D eigenvalue weighted by atomic mass is 35.5. The highest BCUT2D eigenvalue weighted by Gasteiger charge is 2.24. The summed E-state index contributed by atoms with van der Waals surface area (Å²) in [5.74, 6) is 0.0904. The standard InChI is InChI=1S/C31H31ClN6O2S/c1-2-3-30(39)38(21-27-19-34-22-37(27)20-24-6-4-23(18-33)5-7-24)26-10-8-25(9-11-26)35-14-16-36(17-15-35)31(40)28-12-13-29(32)41-28/h4-13,19,22H,2-3,14-17,20-21H2,1H3. The van der Waals surface area contributed by atoms with Gasteiger partial charge in [-0.1, -0.05) is 30.7 Å². The van der Waals surface area contributed by atoms with Gasteiger partial charge in [0.05, 0.1) is 39.4 Å². The molecule has 1 aliphatic rings. The molecule has 1 saturated heterocycles. The number of halogens is 1. The molecule has 0 aliphatic carbocycles. The number of rotatable bonds is 9. The van der Waals surface area contributed by atoms with Crippen molar-refractivity contribution >= 4 is 46.1 Å². The molecule has 8 nitrogen and oxygen atoms in total. The van der Waals surface area contributed by atoms with Crippen molar-refractivity contribution in [2.75, 3.05) is 36.0 Å². The fraction of sp³-hybridized carbons (Fsp3) is 0.290. The van der Waals surface area contributed by atoms with Gasteiger partial charge in [0, 0.05) is 56.7 Å². The number of hydrogen-bond donors (Lipinski definition) is 0. The molecule has 0 N–H and O–H groups in total.